The third-order valence-electron chi connectivity index (χ3n) is 3.03. The molecule has 116 valence electrons. The van der Waals surface area contributed by atoms with Crippen LogP contribution in [0.5, 0.6) is 0 Å². The number of carbonyl (C=O) groups excluding carboxylic acids is 1. The van der Waals surface area contributed by atoms with Gasteiger partial charge in [0, 0.05) is 15.5 Å². The van der Waals surface area contributed by atoms with E-state index in [9.17, 15) is 4.79 Å². The number of amides is 1. The van der Waals surface area contributed by atoms with Crippen LogP contribution < -0.4 is 5.43 Å². The molecule has 0 unspecified atom stereocenters. The predicted molar refractivity (Wildman–Crippen MR) is 94.9 cm³/mol. The molecule has 5 nitrogen and oxygen atoms in total. The summed E-state index contributed by atoms with van der Waals surface area (Å²) in [6, 6.07) is 13.5. The molecule has 0 atom stereocenters. The lowest BCUT2D eigenvalue weighted by Gasteiger charge is -2.02. The number of aromatic nitrogens is 2. The van der Waals surface area contributed by atoms with Crippen molar-refractivity contribution in [3.8, 4) is 0 Å². The highest BCUT2D eigenvalue weighted by Gasteiger charge is 2.08. The van der Waals surface area contributed by atoms with E-state index in [-0.39, 0.29) is 5.91 Å². The molecule has 3 aromatic rings. The molecule has 0 aliphatic rings. The fraction of sp³-hybridized carbons (Fsp3) is 0.0625. The molecule has 0 fully saturated rings. The minimum Gasteiger partial charge on any atom is -0.268 e. The zero-order chi connectivity index (χ0) is 16.1. The van der Waals surface area contributed by atoms with Gasteiger partial charge in [0.15, 0.2) is 5.69 Å². The largest absolute Gasteiger partial charge is 0.291 e. The molecule has 2 heterocycles. The Hall–Kier alpha value is -2.25. The molecule has 23 heavy (non-hydrogen) atoms. The molecule has 1 amide bonds. The van der Waals surface area contributed by atoms with Crippen molar-refractivity contribution in [3.63, 3.8) is 0 Å². The molecule has 2 aromatic heterocycles. The maximum absolute atomic E-state index is 12.0. The van der Waals surface area contributed by atoms with Crippen molar-refractivity contribution in [1.82, 2.24) is 15.2 Å². The summed E-state index contributed by atoms with van der Waals surface area (Å²) in [5, 5.41) is 10.1. The highest BCUT2D eigenvalue weighted by molar-refractivity contribution is 9.10. The SMILES string of the molecule is O=C(NN=Cc1cccs1)c1ccn(Cc2ccc(Br)cc2)n1. The first-order valence-electron chi connectivity index (χ1n) is 6.85. The second kappa shape index (κ2) is 7.34. The van der Waals surface area contributed by atoms with Crippen LogP contribution in [0.1, 0.15) is 20.9 Å². The Balaban J connectivity index is 1.59. The van der Waals surface area contributed by atoms with Crippen LogP contribution in [-0.4, -0.2) is 21.9 Å². The monoisotopic (exact) mass is 388 g/mol. The van der Waals surface area contributed by atoms with E-state index in [1.54, 1.807) is 34.5 Å². The summed E-state index contributed by atoms with van der Waals surface area (Å²) in [6.07, 6.45) is 3.39. The van der Waals surface area contributed by atoms with Crippen LogP contribution in [-0.2, 0) is 6.54 Å². The van der Waals surface area contributed by atoms with Crippen LogP contribution in [0.2, 0.25) is 0 Å². The molecule has 1 aromatic carbocycles. The van der Waals surface area contributed by atoms with Crippen molar-refractivity contribution in [1.29, 1.82) is 0 Å². The summed E-state index contributed by atoms with van der Waals surface area (Å²) in [7, 11) is 0. The van der Waals surface area contributed by atoms with Gasteiger partial charge in [0.1, 0.15) is 0 Å². The number of hydrogen-bond acceptors (Lipinski definition) is 4. The molecular formula is C16H13BrN4OS. The molecule has 0 saturated heterocycles. The minimum absolute atomic E-state index is 0.327. The topological polar surface area (TPSA) is 59.3 Å². The number of rotatable bonds is 5. The van der Waals surface area contributed by atoms with Crippen molar-refractivity contribution < 1.29 is 4.79 Å². The Labute approximate surface area is 145 Å². The van der Waals surface area contributed by atoms with Gasteiger partial charge >= 0.3 is 0 Å². The van der Waals surface area contributed by atoms with Crippen LogP contribution in [0.3, 0.4) is 0 Å². The van der Waals surface area contributed by atoms with E-state index >= 15 is 0 Å². The van der Waals surface area contributed by atoms with Crippen LogP contribution in [0.25, 0.3) is 0 Å². The number of halogens is 1. The fourth-order valence-corrected chi connectivity index (χ4v) is 2.77. The molecule has 0 aliphatic heterocycles. The zero-order valence-corrected chi connectivity index (χ0v) is 14.4. The standard InChI is InChI=1S/C16H13BrN4OS/c17-13-5-3-12(4-6-13)11-21-8-7-15(20-21)16(22)19-18-10-14-2-1-9-23-14/h1-10H,11H2,(H,19,22). The van der Waals surface area contributed by atoms with Crippen molar-refractivity contribution in [3.05, 3.63) is 74.6 Å². The number of nitrogens with one attached hydrogen (secondary N) is 1. The van der Waals surface area contributed by atoms with E-state index in [0.29, 0.717) is 12.2 Å². The van der Waals surface area contributed by atoms with Gasteiger partial charge in [0.2, 0.25) is 0 Å². The average Bonchev–Trinajstić information content (AvgIpc) is 3.21. The number of nitrogens with zero attached hydrogens (tertiary/aromatic N) is 3. The molecule has 0 saturated carbocycles. The van der Waals surface area contributed by atoms with Gasteiger partial charge in [-0.3, -0.25) is 9.48 Å². The minimum atomic E-state index is -0.327. The smallest absolute Gasteiger partial charge is 0.268 e. The number of benzene rings is 1. The quantitative estimate of drug-likeness (QED) is 0.536. The van der Waals surface area contributed by atoms with Gasteiger partial charge in [-0.1, -0.05) is 34.1 Å². The number of hydrazone groups is 1. The lowest BCUT2D eigenvalue weighted by atomic mass is 10.2. The summed E-state index contributed by atoms with van der Waals surface area (Å²) in [4.78, 5) is 13.0. The predicted octanol–water partition coefficient (Wildman–Crippen LogP) is 3.52. The van der Waals surface area contributed by atoms with E-state index in [1.807, 2.05) is 41.8 Å². The second-order valence-corrected chi connectivity index (χ2v) is 6.63. The van der Waals surface area contributed by atoms with Gasteiger partial charge in [0.05, 0.1) is 12.8 Å². The van der Waals surface area contributed by atoms with Crippen molar-refractivity contribution in [2.75, 3.05) is 0 Å². The number of hydrogen-bond donors (Lipinski definition) is 1. The van der Waals surface area contributed by atoms with Crippen LogP contribution in [0, 0.1) is 0 Å². The van der Waals surface area contributed by atoms with Gasteiger partial charge < -0.3 is 0 Å². The van der Waals surface area contributed by atoms with E-state index in [2.05, 4.69) is 31.6 Å². The van der Waals surface area contributed by atoms with Gasteiger partial charge in [-0.25, -0.2) is 5.43 Å². The van der Waals surface area contributed by atoms with Crippen LogP contribution in [0.15, 0.2) is 63.6 Å². The number of carbonyl (C=O) groups is 1. The third-order valence-corrected chi connectivity index (χ3v) is 4.37. The molecule has 0 radical (unpaired) electrons. The first-order chi connectivity index (χ1) is 11.2. The highest BCUT2D eigenvalue weighted by Crippen LogP contribution is 2.11. The Morgan fingerprint density at radius 2 is 2.13 bits per heavy atom. The van der Waals surface area contributed by atoms with Gasteiger partial charge in [-0.05, 0) is 35.2 Å². The van der Waals surface area contributed by atoms with Gasteiger partial charge in [-0.15, -0.1) is 11.3 Å². The van der Waals surface area contributed by atoms with Crippen molar-refractivity contribution in [2.24, 2.45) is 5.10 Å². The maximum atomic E-state index is 12.0. The van der Waals surface area contributed by atoms with Gasteiger partial charge in [-0.2, -0.15) is 10.2 Å². The molecule has 3 rings (SSSR count). The van der Waals surface area contributed by atoms with Crippen molar-refractivity contribution in [2.45, 2.75) is 6.54 Å². The highest BCUT2D eigenvalue weighted by atomic mass is 79.9. The fourth-order valence-electron chi connectivity index (χ4n) is 1.92. The van der Waals surface area contributed by atoms with Crippen LogP contribution >= 0.6 is 27.3 Å². The third kappa shape index (κ3) is 4.37. The molecule has 0 aliphatic carbocycles. The Morgan fingerprint density at radius 3 is 2.87 bits per heavy atom. The van der Waals surface area contributed by atoms with E-state index in [4.69, 9.17) is 0 Å². The van der Waals surface area contributed by atoms with Gasteiger partial charge in [0.25, 0.3) is 5.91 Å². The van der Waals surface area contributed by atoms with E-state index < -0.39 is 0 Å². The molecule has 0 spiro atoms. The lowest BCUT2D eigenvalue weighted by Crippen LogP contribution is -2.18. The molecule has 7 heteroatoms. The second-order valence-electron chi connectivity index (χ2n) is 4.74. The van der Waals surface area contributed by atoms with E-state index in [1.165, 1.54) is 0 Å². The summed E-state index contributed by atoms with van der Waals surface area (Å²) >= 11 is 4.96. The maximum Gasteiger partial charge on any atom is 0.291 e. The lowest BCUT2D eigenvalue weighted by molar-refractivity contribution is 0.0949. The normalized spacial score (nSPS) is 11.0. The Kier molecular flexibility index (Phi) is 4.99. The zero-order valence-electron chi connectivity index (χ0n) is 12.0. The average molecular weight is 389 g/mol. The molecule has 1 N–H and O–H groups in total. The molecular weight excluding hydrogens is 376 g/mol. The summed E-state index contributed by atoms with van der Waals surface area (Å²) in [5.41, 5.74) is 3.93. The molecule has 0 bridgehead atoms. The first-order valence-corrected chi connectivity index (χ1v) is 8.53. The Bertz CT molecular complexity index is 809. The number of thiophene rings is 1. The summed E-state index contributed by atoms with van der Waals surface area (Å²) in [5.74, 6) is -0.327. The van der Waals surface area contributed by atoms with Crippen molar-refractivity contribution >= 4 is 39.4 Å². The summed E-state index contributed by atoms with van der Waals surface area (Å²) < 4.78 is 2.76. The first kappa shape index (κ1) is 15.6. The van der Waals surface area contributed by atoms with Crippen LogP contribution in [0.4, 0.5) is 0 Å². The van der Waals surface area contributed by atoms with E-state index in [0.717, 1.165) is 14.9 Å². The summed E-state index contributed by atoms with van der Waals surface area (Å²) in [6.45, 7) is 0.610. The Morgan fingerprint density at radius 1 is 1.30 bits per heavy atom.